The number of carbonyl (C=O) groups is 1. The number of hydrogen-bond donors (Lipinski definition) is 0. The monoisotopic (exact) mass is 354 g/mol. The highest BCUT2D eigenvalue weighted by Crippen LogP contribution is 2.47. The summed E-state index contributed by atoms with van der Waals surface area (Å²) in [4.78, 5) is 11.4. The van der Waals surface area contributed by atoms with Crippen LogP contribution in [0.15, 0.2) is 12.2 Å². The van der Waals surface area contributed by atoms with Crippen LogP contribution in [0.5, 0.6) is 0 Å². The van der Waals surface area contributed by atoms with E-state index in [0.29, 0.717) is 6.61 Å². The number of allylic oxidation sites excluding steroid dienone is 2. The molecule has 0 radical (unpaired) electrons. The Hall–Kier alpha value is 0.660. The molecule has 0 atom stereocenters. The van der Waals surface area contributed by atoms with Gasteiger partial charge in [0.1, 0.15) is 0 Å². The van der Waals surface area contributed by atoms with E-state index in [0.717, 1.165) is 0 Å². The average molecular weight is 357 g/mol. The molecule has 0 unspecified atom stereocenters. The lowest BCUT2D eigenvalue weighted by atomic mass is 9.89. The highest BCUT2D eigenvalue weighted by molar-refractivity contribution is 6.76. The van der Waals surface area contributed by atoms with Crippen molar-refractivity contribution in [2.75, 3.05) is 6.61 Å². The Morgan fingerprint density at radius 2 is 1.61 bits per heavy atom. The third-order valence-corrected chi connectivity index (χ3v) is 4.32. The van der Waals surface area contributed by atoms with Crippen molar-refractivity contribution >= 4 is 64.0 Å². The first-order chi connectivity index (χ1) is 7.91. The van der Waals surface area contributed by atoms with Gasteiger partial charge in [0.05, 0.1) is 13.0 Å². The fraction of sp³-hybridized carbons (Fsp3) is 0.727. The molecule has 0 amide bonds. The van der Waals surface area contributed by atoms with Crippen molar-refractivity contribution in [3.05, 3.63) is 12.2 Å². The summed E-state index contributed by atoms with van der Waals surface area (Å²) in [6.45, 7) is 5.72. The number of esters is 1. The van der Waals surface area contributed by atoms with Crippen LogP contribution in [0.25, 0.3) is 0 Å². The predicted molar refractivity (Wildman–Crippen MR) is 78.9 cm³/mol. The molecule has 0 heterocycles. The van der Waals surface area contributed by atoms with Gasteiger partial charge in [-0.15, -0.1) is 0 Å². The summed E-state index contributed by atoms with van der Waals surface area (Å²) in [5.74, 6) is -0.309. The van der Waals surface area contributed by atoms with Gasteiger partial charge >= 0.3 is 5.97 Å². The van der Waals surface area contributed by atoms with Gasteiger partial charge in [-0.1, -0.05) is 77.9 Å². The smallest absolute Gasteiger partial charge is 0.306 e. The van der Waals surface area contributed by atoms with Gasteiger partial charge in [0, 0.05) is 0 Å². The topological polar surface area (TPSA) is 26.3 Å². The summed E-state index contributed by atoms with van der Waals surface area (Å²) >= 11 is 28.7. The van der Waals surface area contributed by atoms with Gasteiger partial charge in [-0.2, -0.15) is 0 Å². The lowest BCUT2D eigenvalue weighted by Gasteiger charge is -2.26. The molecular formula is C11H15Cl5O2. The Morgan fingerprint density at radius 3 is 2.00 bits per heavy atom. The molecule has 0 aromatic heterocycles. The first kappa shape index (κ1) is 18.7. The molecule has 0 aliphatic heterocycles. The van der Waals surface area contributed by atoms with Crippen molar-refractivity contribution < 1.29 is 9.53 Å². The molecule has 0 aromatic rings. The summed E-state index contributed by atoms with van der Waals surface area (Å²) in [5.41, 5.74) is -0.503. The second-order valence-corrected chi connectivity index (χ2v) is 8.09. The lowest BCUT2D eigenvalue weighted by Crippen LogP contribution is -2.29. The van der Waals surface area contributed by atoms with Crippen molar-refractivity contribution in [2.24, 2.45) is 5.41 Å². The van der Waals surface area contributed by atoms with E-state index in [9.17, 15) is 4.79 Å². The molecule has 2 nitrogen and oxygen atoms in total. The minimum absolute atomic E-state index is 0.182. The van der Waals surface area contributed by atoms with Crippen LogP contribution in [-0.4, -0.2) is 20.7 Å². The van der Waals surface area contributed by atoms with Crippen LogP contribution in [0.1, 0.15) is 27.2 Å². The zero-order valence-corrected chi connectivity index (χ0v) is 14.1. The molecule has 0 spiro atoms. The van der Waals surface area contributed by atoms with E-state index in [1.54, 1.807) is 13.0 Å². The standard InChI is InChI=1S/C11H15Cl5O2/c1-4-18-8(17)7-9(2,3)5-6-10(12,13)11(14,15)16/h5-6H,4,7H2,1-3H3/b6-5+. The van der Waals surface area contributed by atoms with Gasteiger partial charge in [0.25, 0.3) is 0 Å². The first-order valence-electron chi connectivity index (χ1n) is 5.22. The maximum absolute atomic E-state index is 11.4. The van der Waals surface area contributed by atoms with Crippen LogP contribution in [0.3, 0.4) is 0 Å². The number of rotatable bonds is 5. The van der Waals surface area contributed by atoms with E-state index < -0.39 is 13.5 Å². The van der Waals surface area contributed by atoms with Gasteiger partial charge in [0.2, 0.25) is 3.79 Å². The Bertz CT molecular complexity index is 318. The largest absolute Gasteiger partial charge is 0.466 e. The number of halogens is 5. The molecule has 0 aliphatic rings. The van der Waals surface area contributed by atoms with Crippen LogP contribution in [0, 0.1) is 5.41 Å². The molecule has 0 aliphatic carbocycles. The minimum atomic E-state index is -1.85. The highest BCUT2D eigenvalue weighted by atomic mass is 35.6. The van der Waals surface area contributed by atoms with E-state index in [4.69, 9.17) is 62.7 Å². The van der Waals surface area contributed by atoms with Crippen molar-refractivity contribution in [3.8, 4) is 0 Å². The van der Waals surface area contributed by atoms with Crippen LogP contribution in [0.4, 0.5) is 0 Å². The molecule has 18 heavy (non-hydrogen) atoms. The molecule has 0 aromatic carbocycles. The summed E-state index contributed by atoms with van der Waals surface area (Å²) < 4.78 is 1.34. The van der Waals surface area contributed by atoms with Crippen LogP contribution in [-0.2, 0) is 9.53 Å². The molecule has 0 saturated carbocycles. The highest BCUT2D eigenvalue weighted by Gasteiger charge is 2.44. The second-order valence-electron chi connectivity index (χ2n) is 4.42. The van der Waals surface area contributed by atoms with Crippen molar-refractivity contribution in [3.63, 3.8) is 0 Å². The maximum Gasteiger partial charge on any atom is 0.306 e. The van der Waals surface area contributed by atoms with Gasteiger partial charge in [-0.05, 0) is 18.4 Å². The fourth-order valence-electron chi connectivity index (χ4n) is 1.07. The van der Waals surface area contributed by atoms with E-state index in [1.165, 1.54) is 6.08 Å². The zero-order valence-electron chi connectivity index (χ0n) is 10.3. The average Bonchev–Trinajstić information content (AvgIpc) is 2.13. The number of alkyl halides is 5. The molecule has 0 rings (SSSR count). The molecule has 7 heteroatoms. The Balaban J connectivity index is 4.72. The lowest BCUT2D eigenvalue weighted by molar-refractivity contribution is -0.144. The SMILES string of the molecule is CCOC(=O)CC(C)(C)/C=C/C(Cl)(Cl)C(Cl)(Cl)Cl. The normalized spacial score (nSPS) is 14.0. The number of ether oxygens (including phenoxy) is 1. The van der Waals surface area contributed by atoms with Crippen molar-refractivity contribution in [1.29, 1.82) is 0 Å². The van der Waals surface area contributed by atoms with Crippen LogP contribution >= 0.6 is 58.0 Å². The third-order valence-electron chi connectivity index (χ3n) is 2.03. The zero-order chi connectivity index (χ0) is 14.6. The third kappa shape index (κ3) is 6.72. The van der Waals surface area contributed by atoms with Gasteiger partial charge in [-0.3, -0.25) is 4.79 Å². The quantitative estimate of drug-likeness (QED) is 0.391. The van der Waals surface area contributed by atoms with E-state index >= 15 is 0 Å². The summed E-state index contributed by atoms with van der Waals surface area (Å²) in [6.07, 6.45) is 3.18. The summed E-state index contributed by atoms with van der Waals surface area (Å²) in [7, 11) is 0. The predicted octanol–water partition coefficient (Wildman–Crippen LogP) is 5.07. The van der Waals surface area contributed by atoms with Gasteiger partial charge in [0.15, 0.2) is 4.33 Å². The van der Waals surface area contributed by atoms with E-state index in [2.05, 4.69) is 0 Å². The Labute approximate surface area is 132 Å². The minimum Gasteiger partial charge on any atom is -0.466 e. The second kappa shape index (κ2) is 6.90. The maximum atomic E-state index is 11.4. The Kier molecular flexibility index (Phi) is 7.15. The molecule has 0 saturated heterocycles. The molecule has 106 valence electrons. The summed E-state index contributed by atoms with van der Waals surface area (Å²) in [5, 5.41) is 0. The number of carbonyl (C=O) groups excluding carboxylic acids is 1. The van der Waals surface area contributed by atoms with E-state index in [1.807, 2.05) is 13.8 Å². The molecule has 0 fully saturated rings. The van der Waals surface area contributed by atoms with Crippen LogP contribution in [0.2, 0.25) is 0 Å². The summed E-state index contributed by atoms with van der Waals surface area (Å²) in [6, 6.07) is 0. The number of hydrogen-bond acceptors (Lipinski definition) is 2. The van der Waals surface area contributed by atoms with Gasteiger partial charge < -0.3 is 4.74 Å². The Morgan fingerprint density at radius 1 is 1.11 bits per heavy atom. The fourth-order valence-corrected chi connectivity index (χ4v) is 1.38. The van der Waals surface area contributed by atoms with Crippen molar-refractivity contribution in [1.82, 2.24) is 0 Å². The van der Waals surface area contributed by atoms with Crippen molar-refractivity contribution in [2.45, 2.75) is 35.3 Å². The first-order valence-corrected chi connectivity index (χ1v) is 7.11. The van der Waals surface area contributed by atoms with E-state index in [-0.39, 0.29) is 12.4 Å². The molecular weight excluding hydrogens is 341 g/mol. The molecule has 0 bridgehead atoms. The van der Waals surface area contributed by atoms with Crippen LogP contribution < -0.4 is 0 Å². The molecule has 0 N–H and O–H groups in total. The van der Waals surface area contributed by atoms with Gasteiger partial charge in [-0.25, -0.2) is 0 Å².